The Bertz CT molecular complexity index is 864. The van der Waals surface area contributed by atoms with E-state index in [2.05, 4.69) is 29.5 Å². The normalized spacial score (nSPS) is 11.2. The average Bonchev–Trinajstić information content (AvgIpc) is 2.55. The van der Waals surface area contributed by atoms with Gasteiger partial charge in [0.2, 0.25) is 0 Å². The molecule has 2 aromatic carbocycles. The highest BCUT2D eigenvalue weighted by Gasteiger charge is 2.07. The number of pyridine rings is 1. The number of hydrogen-bond donors (Lipinski definition) is 3. The molecule has 0 saturated carbocycles. The Morgan fingerprint density at radius 1 is 1.12 bits per heavy atom. The summed E-state index contributed by atoms with van der Waals surface area (Å²) in [5, 5.41) is 18.4. The third kappa shape index (κ3) is 3.78. The van der Waals surface area contributed by atoms with Gasteiger partial charge in [0.15, 0.2) is 0 Å². The minimum absolute atomic E-state index is 0.292. The van der Waals surface area contributed by atoms with E-state index in [0.29, 0.717) is 23.4 Å². The van der Waals surface area contributed by atoms with Gasteiger partial charge in [-0.1, -0.05) is 25.4 Å². The Morgan fingerprint density at radius 2 is 1.96 bits per heavy atom. The van der Waals surface area contributed by atoms with Gasteiger partial charge < -0.3 is 15.7 Å². The lowest BCUT2D eigenvalue weighted by Gasteiger charge is -2.13. The minimum Gasteiger partial charge on any atom is -0.508 e. The fraction of sp³-hybridized carbons (Fsp3) is 0.211. The number of benzene rings is 2. The van der Waals surface area contributed by atoms with Crippen LogP contribution in [0.3, 0.4) is 0 Å². The zero-order valence-corrected chi connectivity index (χ0v) is 14.4. The first-order valence-corrected chi connectivity index (χ1v) is 8.27. The van der Waals surface area contributed by atoms with Crippen molar-refractivity contribution in [1.82, 2.24) is 10.3 Å². The molecule has 0 fully saturated rings. The van der Waals surface area contributed by atoms with E-state index in [9.17, 15) is 5.11 Å². The van der Waals surface area contributed by atoms with Crippen LogP contribution in [-0.2, 0) is 6.54 Å². The van der Waals surface area contributed by atoms with Crippen LogP contribution in [0.2, 0.25) is 5.02 Å². The lowest BCUT2D eigenvalue weighted by molar-refractivity contribution is 0.461. The van der Waals surface area contributed by atoms with Crippen molar-refractivity contribution in [2.45, 2.75) is 26.4 Å². The predicted octanol–water partition coefficient (Wildman–Crippen LogP) is 4.84. The van der Waals surface area contributed by atoms with Gasteiger partial charge in [-0.15, -0.1) is 0 Å². The summed E-state index contributed by atoms with van der Waals surface area (Å²) in [6.07, 6.45) is 1.75. The number of nitrogens with zero attached hydrogens (tertiary/aromatic N) is 1. The van der Waals surface area contributed by atoms with E-state index >= 15 is 0 Å². The molecule has 3 rings (SSSR count). The second-order valence-corrected chi connectivity index (χ2v) is 6.46. The largest absolute Gasteiger partial charge is 0.508 e. The summed E-state index contributed by atoms with van der Waals surface area (Å²) in [5.74, 6) is 0.292. The summed E-state index contributed by atoms with van der Waals surface area (Å²) in [5.41, 5.74) is 3.56. The van der Waals surface area contributed by atoms with E-state index in [4.69, 9.17) is 11.6 Å². The third-order valence-electron chi connectivity index (χ3n) is 3.76. The SMILES string of the molecule is CC(C)NCc1cc(Nc2ccnc3cc(Cl)ccc23)ccc1O. The van der Waals surface area contributed by atoms with Crippen LogP contribution in [0, 0.1) is 0 Å². The maximum Gasteiger partial charge on any atom is 0.120 e. The fourth-order valence-corrected chi connectivity index (χ4v) is 2.67. The van der Waals surface area contributed by atoms with Crippen molar-refractivity contribution in [3.05, 3.63) is 59.2 Å². The van der Waals surface area contributed by atoms with Crippen LogP contribution in [0.25, 0.3) is 10.9 Å². The molecule has 24 heavy (non-hydrogen) atoms. The molecule has 0 spiro atoms. The molecule has 0 atom stereocenters. The van der Waals surface area contributed by atoms with Crippen LogP contribution >= 0.6 is 11.6 Å². The Labute approximate surface area is 146 Å². The lowest BCUT2D eigenvalue weighted by atomic mass is 10.1. The second kappa shape index (κ2) is 7.07. The van der Waals surface area contributed by atoms with Gasteiger partial charge >= 0.3 is 0 Å². The average molecular weight is 342 g/mol. The molecular formula is C19H20ClN3O. The molecule has 4 nitrogen and oxygen atoms in total. The minimum atomic E-state index is 0.292. The van der Waals surface area contributed by atoms with Crippen molar-refractivity contribution in [3.63, 3.8) is 0 Å². The molecule has 0 saturated heterocycles. The summed E-state index contributed by atoms with van der Waals surface area (Å²) in [7, 11) is 0. The van der Waals surface area contributed by atoms with Crippen LogP contribution in [0.5, 0.6) is 5.75 Å². The first kappa shape index (κ1) is 16.6. The van der Waals surface area contributed by atoms with Crippen molar-refractivity contribution in [2.75, 3.05) is 5.32 Å². The molecular weight excluding hydrogens is 322 g/mol. The van der Waals surface area contributed by atoms with E-state index in [-0.39, 0.29) is 0 Å². The van der Waals surface area contributed by atoms with E-state index in [1.807, 2.05) is 36.4 Å². The maximum atomic E-state index is 10.0. The van der Waals surface area contributed by atoms with Gasteiger partial charge in [-0.3, -0.25) is 4.98 Å². The first-order valence-electron chi connectivity index (χ1n) is 7.89. The van der Waals surface area contributed by atoms with E-state index < -0.39 is 0 Å². The summed E-state index contributed by atoms with van der Waals surface area (Å²) >= 11 is 6.03. The van der Waals surface area contributed by atoms with Gasteiger partial charge in [-0.25, -0.2) is 0 Å². The molecule has 1 aromatic heterocycles. The summed E-state index contributed by atoms with van der Waals surface area (Å²) < 4.78 is 0. The number of halogens is 1. The zero-order chi connectivity index (χ0) is 17.1. The zero-order valence-electron chi connectivity index (χ0n) is 13.7. The lowest BCUT2D eigenvalue weighted by Crippen LogP contribution is -2.21. The molecule has 0 amide bonds. The van der Waals surface area contributed by atoms with Gasteiger partial charge in [0.25, 0.3) is 0 Å². The summed E-state index contributed by atoms with van der Waals surface area (Å²) in [6, 6.07) is 13.4. The predicted molar refractivity (Wildman–Crippen MR) is 100 cm³/mol. The Hall–Kier alpha value is -2.30. The molecule has 0 aliphatic carbocycles. The topological polar surface area (TPSA) is 57.2 Å². The van der Waals surface area contributed by atoms with Gasteiger partial charge in [-0.2, -0.15) is 0 Å². The summed E-state index contributed by atoms with van der Waals surface area (Å²) in [4.78, 5) is 4.35. The molecule has 0 aliphatic heterocycles. The number of anilines is 2. The van der Waals surface area contributed by atoms with Crippen LogP contribution in [0.1, 0.15) is 19.4 Å². The highest BCUT2D eigenvalue weighted by atomic mass is 35.5. The first-order chi connectivity index (χ1) is 11.5. The van der Waals surface area contributed by atoms with E-state index in [1.54, 1.807) is 12.3 Å². The quantitative estimate of drug-likeness (QED) is 0.581. The van der Waals surface area contributed by atoms with Crippen LogP contribution in [0.4, 0.5) is 11.4 Å². The smallest absolute Gasteiger partial charge is 0.120 e. The van der Waals surface area contributed by atoms with E-state index in [1.165, 1.54) is 0 Å². The standard InChI is InChI=1S/C19H20ClN3O/c1-12(2)22-11-13-9-15(4-6-19(13)24)23-17-7-8-21-18-10-14(20)3-5-16(17)18/h3-10,12,22,24H,11H2,1-2H3,(H,21,23). The van der Waals surface area contributed by atoms with Gasteiger partial charge in [-0.05, 0) is 42.5 Å². The number of nitrogens with one attached hydrogen (secondary N) is 2. The van der Waals surface area contributed by atoms with Crippen LogP contribution < -0.4 is 10.6 Å². The van der Waals surface area contributed by atoms with Crippen molar-refractivity contribution < 1.29 is 5.11 Å². The van der Waals surface area contributed by atoms with Crippen molar-refractivity contribution in [3.8, 4) is 5.75 Å². The fourth-order valence-electron chi connectivity index (χ4n) is 2.50. The Morgan fingerprint density at radius 3 is 2.75 bits per heavy atom. The number of phenols is 1. The van der Waals surface area contributed by atoms with Crippen molar-refractivity contribution in [1.29, 1.82) is 0 Å². The van der Waals surface area contributed by atoms with Gasteiger partial charge in [0.1, 0.15) is 5.75 Å². The van der Waals surface area contributed by atoms with E-state index in [0.717, 1.165) is 27.8 Å². The monoisotopic (exact) mass is 341 g/mol. The number of rotatable bonds is 5. The third-order valence-corrected chi connectivity index (χ3v) is 4.00. The number of aromatic nitrogens is 1. The van der Waals surface area contributed by atoms with Crippen molar-refractivity contribution in [2.24, 2.45) is 0 Å². The van der Waals surface area contributed by atoms with Gasteiger partial charge in [0, 0.05) is 46.1 Å². The number of aromatic hydroxyl groups is 1. The Kier molecular flexibility index (Phi) is 4.88. The molecule has 0 aliphatic rings. The second-order valence-electron chi connectivity index (χ2n) is 6.02. The van der Waals surface area contributed by atoms with Crippen LogP contribution in [-0.4, -0.2) is 16.1 Å². The maximum absolute atomic E-state index is 10.0. The molecule has 0 bridgehead atoms. The molecule has 3 N–H and O–H groups in total. The highest BCUT2D eigenvalue weighted by molar-refractivity contribution is 6.31. The molecule has 0 radical (unpaired) electrons. The Balaban J connectivity index is 1.90. The molecule has 0 unspecified atom stereocenters. The van der Waals surface area contributed by atoms with Gasteiger partial charge in [0.05, 0.1) is 5.52 Å². The summed E-state index contributed by atoms with van der Waals surface area (Å²) in [6.45, 7) is 4.77. The number of phenolic OH excluding ortho intramolecular Hbond substituents is 1. The number of fused-ring (bicyclic) bond motifs is 1. The van der Waals surface area contributed by atoms with Crippen LogP contribution in [0.15, 0.2) is 48.7 Å². The molecule has 124 valence electrons. The molecule has 1 heterocycles. The highest BCUT2D eigenvalue weighted by Crippen LogP contribution is 2.29. The molecule has 3 aromatic rings. The van der Waals surface area contributed by atoms with Crippen molar-refractivity contribution >= 4 is 33.9 Å². The number of hydrogen-bond acceptors (Lipinski definition) is 4. The molecule has 5 heteroatoms.